The molecule has 2 unspecified atom stereocenters. The second kappa shape index (κ2) is 4.85. The van der Waals surface area contributed by atoms with E-state index >= 15 is 0 Å². The molecule has 1 aromatic heterocycles. The first-order valence-electron chi connectivity index (χ1n) is 5.70. The molecule has 1 aliphatic rings. The van der Waals surface area contributed by atoms with Crippen molar-refractivity contribution in [2.45, 2.75) is 18.6 Å². The molecule has 2 rings (SSSR count). The van der Waals surface area contributed by atoms with Gasteiger partial charge in [-0.05, 0) is 20.5 Å². The summed E-state index contributed by atoms with van der Waals surface area (Å²) < 4.78 is 0. The number of aliphatic hydroxyl groups is 1. The van der Waals surface area contributed by atoms with E-state index in [4.69, 9.17) is 0 Å². The Labute approximate surface area is 99.9 Å². The lowest BCUT2D eigenvalue weighted by atomic mass is 10.2. The first-order chi connectivity index (χ1) is 8.06. The lowest BCUT2D eigenvalue weighted by Gasteiger charge is -2.27. The number of aromatic nitrogens is 2. The van der Waals surface area contributed by atoms with E-state index in [9.17, 15) is 9.90 Å². The molecule has 6 heteroatoms. The van der Waals surface area contributed by atoms with Crippen LogP contribution in [0.5, 0.6) is 0 Å². The number of β-amino-alcohol motifs (C(OH)–C–C–N with tert-alkyl or cyclic N) is 1. The van der Waals surface area contributed by atoms with Crippen molar-refractivity contribution in [1.82, 2.24) is 14.9 Å². The molecule has 0 spiro atoms. The summed E-state index contributed by atoms with van der Waals surface area (Å²) in [7, 11) is 3.99. The summed E-state index contributed by atoms with van der Waals surface area (Å²) in [6.07, 6.45) is 1.77. The van der Waals surface area contributed by atoms with Crippen molar-refractivity contribution in [3.8, 4) is 0 Å². The smallest absolute Gasteiger partial charge is 0.252 e. The Bertz CT molecular complexity index is 431. The number of hydrogen-bond donors (Lipinski definition) is 2. The van der Waals surface area contributed by atoms with Crippen molar-refractivity contribution in [1.29, 1.82) is 0 Å². The maximum Gasteiger partial charge on any atom is 0.252 e. The SMILES string of the molecule is CN(C)CC1CC(O)CN1c1cc(=O)[nH]cn1. The molecular formula is C11H18N4O2. The van der Waals surface area contributed by atoms with Gasteiger partial charge in [-0.15, -0.1) is 0 Å². The van der Waals surface area contributed by atoms with Gasteiger partial charge in [0.05, 0.1) is 12.4 Å². The van der Waals surface area contributed by atoms with E-state index < -0.39 is 0 Å². The molecule has 1 aliphatic heterocycles. The lowest BCUT2D eigenvalue weighted by Crippen LogP contribution is -2.38. The van der Waals surface area contributed by atoms with Gasteiger partial charge in [0.1, 0.15) is 5.82 Å². The number of rotatable bonds is 3. The van der Waals surface area contributed by atoms with Crippen LogP contribution in [-0.2, 0) is 0 Å². The molecule has 1 aromatic rings. The third kappa shape index (κ3) is 2.83. The average Bonchev–Trinajstić information content (AvgIpc) is 2.58. The number of anilines is 1. The van der Waals surface area contributed by atoms with Gasteiger partial charge in [-0.3, -0.25) is 4.79 Å². The Morgan fingerprint density at radius 3 is 3.06 bits per heavy atom. The number of hydrogen-bond acceptors (Lipinski definition) is 5. The first-order valence-corrected chi connectivity index (χ1v) is 5.70. The number of aliphatic hydroxyl groups excluding tert-OH is 1. The monoisotopic (exact) mass is 238 g/mol. The molecule has 0 bridgehead atoms. The molecule has 6 nitrogen and oxygen atoms in total. The van der Waals surface area contributed by atoms with E-state index in [-0.39, 0.29) is 17.7 Å². The molecule has 0 aliphatic carbocycles. The fraction of sp³-hybridized carbons (Fsp3) is 0.636. The fourth-order valence-electron chi connectivity index (χ4n) is 2.28. The predicted molar refractivity (Wildman–Crippen MR) is 65.2 cm³/mol. The molecule has 1 saturated heterocycles. The second-order valence-electron chi connectivity index (χ2n) is 4.73. The van der Waals surface area contributed by atoms with Gasteiger partial charge >= 0.3 is 0 Å². The van der Waals surface area contributed by atoms with E-state index in [0.717, 1.165) is 6.54 Å². The average molecular weight is 238 g/mol. The summed E-state index contributed by atoms with van der Waals surface area (Å²) in [5.74, 6) is 0.636. The van der Waals surface area contributed by atoms with Gasteiger partial charge < -0.3 is 19.9 Å². The summed E-state index contributed by atoms with van der Waals surface area (Å²) >= 11 is 0. The van der Waals surface area contributed by atoms with Crippen molar-refractivity contribution in [2.24, 2.45) is 0 Å². The Hall–Kier alpha value is -1.40. The standard InChI is InChI=1S/C11H18N4O2/c1-14(2)5-8-3-9(16)6-15(8)10-4-11(17)13-7-12-10/h4,7-9,16H,3,5-6H2,1-2H3,(H,12,13,17). The summed E-state index contributed by atoms with van der Waals surface area (Å²) in [6.45, 7) is 1.38. The van der Waals surface area contributed by atoms with Crippen LogP contribution in [0.15, 0.2) is 17.2 Å². The highest BCUT2D eigenvalue weighted by Gasteiger charge is 2.32. The largest absolute Gasteiger partial charge is 0.391 e. The van der Waals surface area contributed by atoms with E-state index in [2.05, 4.69) is 14.9 Å². The number of H-pyrrole nitrogens is 1. The Morgan fingerprint density at radius 1 is 1.65 bits per heavy atom. The molecule has 1 fully saturated rings. The molecule has 17 heavy (non-hydrogen) atoms. The van der Waals surface area contributed by atoms with Crippen molar-refractivity contribution >= 4 is 5.82 Å². The van der Waals surface area contributed by atoms with Crippen molar-refractivity contribution in [3.05, 3.63) is 22.7 Å². The summed E-state index contributed by atoms with van der Waals surface area (Å²) in [5.41, 5.74) is -0.167. The van der Waals surface area contributed by atoms with Crippen LogP contribution >= 0.6 is 0 Å². The molecule has 2 N–H and O–H groups in total. The van der Waals surface area contributed by atoms with Gasteiger partial charge in [-0.2, -0.15) is 0 Å². The maximum absolute atomic E-state index is 11.3. The topological polar surface area (TPSA) is 72.5 Å². The minimum absolute atomic E-state index is 0.167. The normalized spacial score (nSPS) is 24.6. The molecule has 94 valence electrons. The van der Waals surface area contributed by atoms with E-state index in [0.29, 0.717) is 18.8 Å². The second-order valence-corrected chi connectivity index (χ2v) is 4.73. The molecule has 2 atom stereocenters. The van der Waals surface area contributed by atoms with Gasteiger partial charge in [0, 0.05) is 25.2 Å². The van der Waals surface area contributed by atoms with E-state index in [1.54, 1.807) is 0 Å². The van der Waals surface area contributed by atoms with Crippen LogP contribution < -0.4 is 10.5 Å². The molecule has 0 saturated carbocycles. The van der Waals surface area contributed by atoms with Crippen molar-refractivity contribution in [3.63, 3.8) is 0 Å². The summed E-state index contributed by atoms with van der Waals surface area (Å²) in [5, 5.41) is 9.74. The molecule has 0 aromatic carbocycles. The van der Waals surface area contributed by atoms with E-state index in [1.165, 1.54) is 12.4 Å². The Morgan fingerprint density at radius 2 is 2.41 bits per heavy atom. The molecular weight excluding hydrogens is 220 g/mol. The lowest BCUT2D eigenvalue weighted by molar-refractivity contribution is 0.191. The molecule has 2 heterocycles. The predicted octanol–water partition coefficient (Wildman–Crippen LogP) is -0.729. The van der Waals surface area contributed by atoms with Crippen LogP contribution in [0.3, 0.4) is 0 Å². The van der Waals surface area contributed by atoms with Gasteiger partial charge in [-0.25, -0.2) is 4.98 Å². The third-order valence-electron chi connectivity index (χ3n) is 2.93. The number of aromatic amines is 1. The minimum Gasteiger partial charge on any atom is -0.391 e. The van der Waals surface area contributed by atoms with Crippen molar-refractivity contribution < 1.29 is 5.11 Å². The molecule has 0 amide bonds. The zero-order valence-corrected chi connectivity index (χ0v) is 10.1. The Kier molecular flexibility index (Phi) is 3.44. The molecule has 0 radical (unpaired) electrons. The fourth-order valence-corrected chi connectivity index (χ4v) is 2.28. The van der Waals surface area contributed by atoms with Gasteiger partial charge in [0.15, 0.2) is 0 Å². The summed E-state index contributed by atoms with van der Waals surface area (Å²) in [6, 6.07) is 1.68. The van der Waals surface area contributed by atoms with Crippen LogP contribution in [-0.4, -0.2) is 59.3 Å². The Balaban J connectivity index is 2.20. The van der Waals surface area contributed by atoms with Gasteiger partial charge in [0.25, 0.3) is 5.56 Å². The highest BCUT2D eigenvalue weighted by Crippen LogP contribution is 2.23. The summed E-state index contributed by atoms with van der Waals surface area (Å²) in [4.78, 5) is 22.0. The maximum atomic E-state index is 11.3. The zero-order chi connectivity index (χ0) is 12.4. The van der Waals surface area contributed by atoms with Gasteiger partial charge in [-0.1, -0.05) is 0 Å². The van der Waals surface area contributed by atoms with E-state index in [1.807, 2.05) is 19.0 Å². The number of nitrogens with zero attached hydrogens (tertiary/aromatic N) is 3. The quantitative estimate of drug-likeness (QED) is 0.726. The van der Waals surface area contributed by atoms with Gasteiger partial charge in [0.2, 0.25) is 0 Å². The third-order valence-corrected chi connectivity index (χ3v) is 2.93. The number of likely N-dealkylation sites (N-methyl/N-ethyl adjacent to an activating group) is 1. The van der Waals surface area contributed by atoms with Crippen LogP contribution in [0.25, 0.3) is 0 Å². The van der Waals surface area contributed by atoms with Crippen LogP contribution in [0, 0.1) is 0 Å². The highest BCUT2D eigenvalue weighted by atomic mass is 16.3. The zero-order valence-electron chi connectivity index (χ0n) is 10.1. The van der Waals surface area contributed by atoms with Crippen molar-refractivity contribution in [2.75, 3.05) is 32.1 Å². The first kappa shape index (κ1) is 12.1. The highest BCUT2D eigenvalue weighted by molar-refractivity contribution is 5.40. The van der Waals surface area contributed by atoms with Crippen LogP contribution in [0.4, 0.5) is 5.82 Å². The number of nitrogens with one attached hydrogen (secondary N) is 1. The minimum atomic E-state index is -0.346. The van der Waals surface area contributed by atoms with Crippen LogP contribution in [0.1, 0.15) is 6.42 Å². The van der Waals surface area contributed by atoms with Crippen LogP contribution in [0.2, 0.25) is 0 Å².